The highest BCUT2D eigenvalue weighted by Gasteiger charge is 2.20. The van der Waals surface area contributed by atoms with Gasteiger partial charge >= 0.3 is 0 Å². The Morgan fingerprint density at radius 2 is 2.10 bits per heavy atom. The van der Waals surface area contributed by atoms with Crippen LogP contribution in [0.2, 0.25) is 0 Å². The minimum absolute atomic E-state index is 0.360. The monoisotopic (exact) mass is 313 g/mol. The Kier molecular flexibility index (Phi) is 5.46. The van der Waals surface area contributed by atoms with Crippen LogP contribution in [0.4, 0.5) is 0 Å². The Hall–Kier alpha value is -0.850. The van der Waals surface area contributed by atoms with Crippen molar-refractivity contribution in [3.8, 4) is 0 Å². The van der Waals surface area contributed by atoms with E-state index in [1.165, 1.54) is 19.3 Å². The molecule has 120 valence electrons. The van der Waals surface area contributed by atoms with Gasteiger partial charge in [0.15, 0.2) is 0 Å². The van der Waals surface area contributed by atoms with Crippen molar-refractivity contribution in [1.82, 2.24) is 14.6 Å². The molecule has 2 N–H and O–H groups in total. The fourth-order valence-electron chi connectivity index (χ4n) is 2.47. The van der Waals surface area contributed by atoms with Gasteiger partial charge in [0, 0.05) is 38.1 Å². The maximum Gasteiger partial charge on any atom is 0.242 e. The number of sulfonamides is 1. The number of hydrogen-bond donors (Lipinski definition) is 2. The molecule has 1 saturated carbocycles. The molecule has 0 amide bonds. The van der Waals surface area contributed by atoms with Gasteiger partial charge in [-0.3, -0.25) is 0 Å². The van der Waals surface area contributed by atoms with Crippen LogP contribution in [0.1, 0.15) is 45.2 Å². The number of hydrogen-bond acceptors (Lipinski definition) is 3. The summed E-state index contributed by atoms with van der Waals surface area (Å²) in [5.41, 5.74) is 0.975. The summed E-state index contributed by atoms with van der Waals surface area (Å²) in [6.07, 6.45) is 6.43. The Labute approximate surface area is 128 Å². The summed E-state index contributed by atoms with van der Waals surface area (Å²) in [7, 11) is -1.50. The molecule has 2 rings (SSSR count). The third-order valence-corrected chi connectivity index (χ3v) is 5.58. The van der Waals surface area contributed by atoms with Crippen molar-refractivity contribution in [2.75, 3.05) is 6.54 Å². The van der Waals surface area contributed by atoms with Crippen LogP contribution in [0.15, 0.2) is 17.2 Å². The Bertz CT molecular complexity index is 559. The minimum Gasteiger partial charge on any atom is -0.352 e. The highest BCUT2D eigenvalue weighted by Crippen LogP contribution is 2.28. The van der Waals surface area contributed by atoms with Gasteiger partial charge in [0.25, 0.3) is 0 Å². The lowest BCUT2D eigenvalue weighted by molar-refractivity contribution is 0.297. The highest BCUT2D eigenvalue weighted by molar-refractivity contribution is 7.89. The van der Waals surface area contributed by atoms with E-state index in [-0.39, 0.29) is 0 Å². The van der Waals surface area contributed by atoms with E-state index < -0.39 is 10.0 Å². The van der Waals surface area contributed by atoms with E-state index in [1.54, 1.807) is 12.3 Å². The molecule has 6 heteroatoms. The highest BCUT2D eigenvalue weighted by atomic mass is 32.2. The number of rotatable bonds is 8. The summed E-state index contributed by atoms with van der Waals surface area (Å²) in [6, 6.07) is 2.13. The molecule has 1 aliphatic rings. The van der Waals surface area contributed by atoms with Crippen molar-refractivity contribution in [1.29, 1.82) is 0 Å². The van der Waals surface area contributed by atoms with E-state index in [4.69, 9.17) is 0 Å². The van der Waals surface area contributed by atoms with Crippen LogP contribution < -0.4 is 10.0 Å². The molecule has 0 aromatic carbocycles. The van der Waals surface area contributed by atoms with Gasteiger partial charge in [0.1, 0.15) is 0 Å². The second kappa shape index (κ2) is 6.94. The minimum atomic E-state index is -3.38. The molecule has 1 aromatic heterocycles. The van der Waals surface area contributed by atoms with E-state index >= 15 is 0 Å². The van der Waals surface area contributed by atoms with Crippen LogP contribution in [0, 0.1) is 5.92 Å². The van der Waals surface area contributed by atoms with Crippen molar-refractivity contribution in [3.63, 3.8) is 0 Å². The van der Waals surface area contributed by atoms with E-state index in [2.05, 4.69) is 23.9 Å². The number of nitrogens with zero attached hydrogens (tertiary/aromatic N) is 1. The molecule has 1 fully saturated rings. The van der Waals surface area contributed by atoms with Crippen molar-refractivity contribution in [2.45, 2.75) is 57.0 Å². The van der Waals surface area contributed by atoms with Crippen LogP contribution in [0.25, 0.3) is 0 Å². The van der Waals surface area contributed by atoms with Crippen molar-refractivity contribution in [2.24, 2.45) is 13.0 Å². The van der Waals surface area contributed by atoms with Gasteiger partial charge in [-0.2, -0.15) is 0 Å². The first-order valence-corrected chi connectivity index (χ1v) is 9.25. The van der Waals surface area contributed by atoms with Gasteiger partial charge in [-0.25, -0.2) is 13.1 Å². The van der Waals surface area contributed by atoms with Gasteiger partial charge < -0.3 is 9.88 Å². The van der Waals surface area contributed by atoms with Crippen molar-refractivity contribution >= 4 is 10.0 Å². The maximum atomic E-state index is 12.3. The van der Waals surface area contributed by atoms with Crippen molar-refractivity contribution < 1.29 is 8.42 Å². The van der Waals surface area contributed by atoms with Crippen LogP contribution in [0.3, 0.4) is 0 Å². The summed E-state index contributed by atoms with van der Waals surface area (Å²) >= 11 is 0. The third-order valence-electron chi connectivity index (χ3n) is 4.15. The largest absolute Gasteiger partial charge is 0.352 e. The van der Waals surface area contributed by atoms with E-state index in [9.17, 15) is 8.42 Å². The molecule has 0 spiro atoms. The van der Waals surface area contributed by atoms with Gasteiger partial charge in [-0.05, 0) is 18.4 Å². The summed E-state index contributed by atoms with van der Waals surface area (Å²) in [6.45, 7) is 5.36. The molecule has 0 unspecified atom stereocenters. The molecule has 0 atom stereocenters. The molecule has 0 bridgehead atoms. The first kappa shape index (κ1) is 16.5. The summed E-state index contributed by atoms with van der Waals surface area (Å²) in [5.74, 6) is 0.717. The van der Waals surface area contributed by atoms with E-state index in [0.29, 0.717) is 29.9 Å². The lowest BCUT2D eigenvalue weighted by Crippen LogP contribution is -2.27. The average molecular weight is 313 g/mol. The molecule has 0 saturated heterocycles. The van der Waals surface area contributed by atoms with Crippen LogP contribution in [-0.2, 0) is 23.6 Å². The first-order valence-electron chi connectivity index (χ1n) is 7.77. The first-order chi connectivity index (χ1) is 9.88. The summed E-state index contributed by atoms with van der Waals surface area (Å²) in [4.78, 5) is 0.360. The summed E-state index contributed by atoms with van der Waals surface area (Å²) in [5, 5.41) is 3.30. The Morgan fingerprint density at radius 3 is 2.67 bits per heavy atom. The zero-order valence-corrected chi connectivity index (χ0v) is 14.0. The predicted octanol–water partition coefficient (Wildman–Crippen LogP) is 1.99. The smallest absolute Gasteiger partial charge is 0.242 e. The van der Waals surface area contributed by atoms with Gasteiger partial charge in [0.05, 0.1) is 4.90 Å². The quantitative estimate of drug-likeness (QED) is 0.771. The molecular weight excluding hydrogens is 286 g/mol. The Balaban J connectivity index is 1.93. The normalized spacial score (nSPS) is 16.4. The van der Waals surface area contributed by atoms with Crippen LogP contribution in [-0.4, -0.2) is 25.6 Å². The molecule has 21 heavy (non-hydrogen) atoms. The van der Waals surface area contributed by atoms with Crippen molar-refractivity contribution in [3.05, 3.63) is 18.0 Å². The zero-order chi connectivity index (χ0) is 15.5. The zero-order valence-electron chi connectivity index (χ0n) is 13.2. The number of nitrogens with one attached hydrogen (secondary N) is 2. The van der Waals surface area contributed by atoms with E-state index in [0.717, 1.165) is 12.1 Å². The lowest BCUT2D eigenvalue weighted by Gasteiger charge is -2.24. The molecule has 5 nitrogen and oxygen atoms in total. The molecule has 1 aliphatic carbocycles. The average Bonchev–Trinajstić information content (AvgIpc) is 2.72. The second-order valence-electron chi connectivity index (χ2n) is 6.30. The standard InChI is InChI=1S/C15H27N3O2S/c1-12(2)16-10-14-9-15(11-18(14)3)21(19,20)17-8-7-13-5-4-6-13/h9,11-13,16-17H,4-8,10H2,1-3H3. The molecule has 1 heterocycles. The van der Waals surface area contributed by atoms with Gasteiger partial charge in [-0.1, -0.05) is 33.1 Å². The fourth-order valence-corrected chi connectivity index (χ4v) is 3.61. The van der Waals surface area contributed by atoms with Gasteiger partial charge in [-0.15, -0.1) is 0 Å². The lowest BCUT2D eigenvalue weighted by atomic mass is 9.83. The molecular formula is C15H27N3O2S. The molecule has 0 aliphatic heterocycles. The SMILES string of the molecule is CC(C)NCc1cc(S(=O)(=O)NCCC2CCC2)cn1C. The predicted molar refractivity (Wildman–Crippen MR) is 84.5 cm³/mol. The second-order valence-corrected chi connectivity index (χ2v) is 8.06. The topological polar surface area (TPSA) is 63.1 Å². The molecule has 1 aromatic rings. The Morgan fingerprint density at radius 1 is 1.38 bits per heavy atom. The van der Waals surface area contributed by atoms with Gasteiger partial charge in [0.2, 0.25) is 10.0 Å². The van der Waals surface area contributed by atoms with E-state index in [1.807, 2.05) is 11.6 Å². The van der Waals surface area contributed by atoms with Crippen LogP contribution >= 0.6 is 0 Å². The van der Waals surface area contributed by atoms with Crippen LogP contribution in [0.5, 0.6) is 0 Å². The molecule has 0 radical (unpaired) electrons. The summed E-state index contributed by atoms with van der Waals surface area (Å²) < 4.78 is 29.1. The third kappa shape index (κ3) is 4.56. The fraction of sp³-hybridized carbons (Fsp3) is 0.733. The number of aromatic nitrogens is 1. The number of aryl methyl sites for hydroxylation is 1. The maximum absolute atomic E-state index is 12.3.